The second-order valence-corrected chi connectivity index (χ2v) is 10.7. The summed E-state index contributed by atoms with van der Waals surface area (Å²) in [6, 6.07) is 9.19. The molecule has 2 aromatic carbocycles. The van der Waals surface area contributed by atoms with Gasteiger partial charge in [0.1, 0.15) is 17.7 Å². The molecule has 1 fully saturated rings. The van der Waals surface area contributed by atoms with Crippen LogP contribution in [-0.4, -0.2) is 45.9 Å². The van der Waals surface area contributed by atoms with Gasteiger partial charge in [0, 0.05) is 17.5 Å². The smallest absolute Gasteiger partial charge is 0.395 e. The molecule has 3 aliphatic rings. The van der Waals surface area contributed by atoms with Gasteiger partial charge in [0.2, 0.25) is 0 Å². The van der Waals surface area contributed by atoms with Gasteiger partial charge in [-0.1, -0.05) is 6.07 Å². The molecule has 1 aliphatic carbocycles. The number of carbonyl (C=O) groups excluding carboxylic acids is 1. The van der Waals surface area contributed by atoms with Crippen LogP contribution in [0.1, 0.15) is 43.5 Å². The van der Waals surface area contributed by atoms with Crippen LogP contribution in [0.4, 0.5) is 13.2 Å². The first-order valence-electron chi connectivity index (χ1n) is 12.1. The Labute approximate surface area is 210 Å². The monoisotopic (exact) mass is 517 g/mol. The zero-order valence-corrected chi connectivity index (χ0v) is 20.3. The third-order valence-electron chi connectivity index (χ3n) is 7.85. The number of hydrogen-bond acceptors (Lipinski definition) is 6. The SMILES string of the molecule is CC1(C)c2cc3cc(CC(=O)C4(c5ccc6c(c5)OC(F)(F)O6)CC4)c(F)cc3n2C[C@H](CO)OC1O. The number of ether oxygens (including phenoxy) is 3. The molecule has 3 heterocycles. The quantitative estimate of drug-likeness (QED) is 0.533. The van der Waals surface area contributed by atoms with Crippen LogP contribution in [0.15, 0.2) is 36.4 Å². The van der Waals surface area contributed by atoms with Crippen molar-refractivity contribution < 1.29 is 42.4 Å². The minimum Gasteiger partial charge on any atom is -0.395 e. The highest BCUT2D eigenvalue weighted by Gasteiger charge is 2.52. The standard InChI is InChI=1S/C27H26F3NO6/c1-25(2)22-8-15-7-14(18(28)11-19(15)31(22)12-17(13-32)35-24(25)34)9-23(33)26(5-6-26)16-3-4-20-21(10-16)37-27(29,30)36-20/h3-4,7-8,10-11,17,24,32,34H,5-6,9,12-13H2,1-2H3/t17-,24?/m1/s1. The van der Waals surface area contributed by atoms with Gasteiger partial charge in [-0.2, -0.15) is 0 Å². The van der Waals surface area contributed by atoms with Crippen molar-refractivity contribution in [3.05, 3.63) is 59.0 Å². The van der Waals surface area contributed by atoms with Crippen molar-refractivity contribution in [2.75, 3.05) is 6.61 Å². The van der Waals surface area contributed by atoms with Crippen LogP contribution >= 0.6 is 0 Å². The molecule has 6 rings (SSSR count). The van der Waals surface area contributed by atoms with Gasteiger partial charge in [0.15, 0.2) is 17.8 Å². The first-order valence-corrected chi connectivity index (χ1v) is 12.1. The number of nitrogens with zero attached hydrogens (tertiary/aromatic N) is 1. The molecule has 10 heteroatoms. The van der Waals surface area contributed by atoms with E-state index in [0.29, 0.717) is 29.3 Å². The van der Waals surface area contributed by atoms with Crippen LogP contribution in [0.5, 0.6) is 11.5 Å². The van der Waals surface area contributed by atoms with E-state index in [9.17, 15) is 23.8 Å². The first-order chi connectivity index (χ1) is 17.4. The van der Waals surface area contributed by atoms with Crippen molar-refractivity contribution in [3.63, 3.8) is 0 Å². The maximum Gasteiger partial charge on any atom is 0.586 e. The second kappa shape index (κ2) is 7.96. The molecular formula is C27H26F3NO6. The molecule has 37 heavy (non-hydrogen) atoms. The Balaban J connectivity index is 1.32. The molecule has 0 saturated heterocycles. The van der Waals surface area contributed by atoms with Gasteiger partial charge in [-0.05, 0) is 68.1 Å². The van der Waals surface area contributed by atoms with Crippen LogP contribution in [0.2, 0.25) is 0 Å². The molecule has 0 amide bonds. The maximum atomic E-state index is 15.3. The Morgan fingerprint density at radius 3 is 2.54 bits per heavy atom. The lowest BCUT2D eigenvalue weighted by Gasteiger charge is -2.29. The van der Waals surface area contributed by atoms with Crippen molar-refractivity contribution in [2.24, 2.45) is 0 Å². The van der Waals surface area contributed by atoms with Crippen LogP contribution in [0.25, 0.3) is 10.9 Å². The fourth-order valence-corrected chi connectivity index (χ4v) is 5.47. The lowest BCUT2D eigenvalue weighted by Crippen LogP contribution is -2.37. The zero-order valence-electron chi connectivity index (χ0n) is 20.3. The van der Waals surface area contributed by atoms with Gasteiger partial charge in [-0.25, -0.2) is 4.39 Å². The molecule has 0 bridgehead atoms. The second-order valence-electron chi connectivity index (χ2n) is 10.7. The first kappa shape index (κ1) is 24.3. The molecule has 1 unspecified atom stereocenters. The number of carbonyl (C=O) groups is 1. The molecule has 7 nitrogen and oxygen atoms in total. The average molecular weight is 518 g/mol. The van der Waals surface area contributed by atoms with Crippen molar-refractivity contribution in [1.29, 1.82) is 0 Å². The van der Waals surface area contributed by atoms with E-state index in [4.69, 9.17) is 4.74 Å². The van der Waals surface area contributed by atoms with Crippen LogP contribution < -0.4 is 9.47 Å². The highest BCUT2D eigenvalue weighted by Crippen LogP contribution is 2.53. The molecule has 1 aromatic heterocycles. The van der Waals surface area contributed by atoms with E-state index in [1.54, 1.807) is 26.0 Å². The summed E-state index contributed by atoms with van der Waals surface area (Å²) < 4.78 is 58.6. The fourth-order valence-electron chi connectivity index (χ4n) is 5.47. The predicted molar refractivity (Wildman–Crippen MR) is 125 cm³/mol. The number of alkyl halides is 2. The van der Waals surface area contributed by atoms with E-state index in [1.165, 1.54) is 18.2 Å². The lowest BCUT2D eigenvalue weighted by atomic mass is 9.87. The number of halogens is 3. The Bertz CT molecular complexity index is 1430. The summed E-state index contributed by atoms with van der Waals surface area (Å²) in [7, 11) is 0. The van der Waals surface area contributed by atoms with Crippen molar-refractivity contribution in [2.45, 2.75) is 69.2 Å². The average Bonchev–Trinajstić information content (AvgIpc) is 3.50. The highest BCUT2D eigenvalue weighted by atomic mass is 19.3. The summed E-state index contributed by atoms with van der Waals surface area (Å²) in [5.41, 5.74) is 0.359. The number of rotatable bonds is 5. The lowest BCUT2D eigenvalue weighted by molar-refractivity contribution is -0.286. The van der Waals surface area contributed by atoms with Gasteiger partial charge in [-0.15, -0.1) is 8.78 Å². The number of aliphatic hydroxyl groups is 2. The normalized spacial score (nSPS) is 24.5. The van der Waals surface area contributed by atoms with E-state index in [2.05, 4.69) is 9.47 Å². The molecular weight excluding hydrogens is 491 g/mol. The largest absolute Gasteiger partial charge is 0.586 e. The van der Waals surface area contributed by atoms with E-state index in [0.717, 1.165) is 5.69 Å². The van der Waals surface area contributed by atoms with Gasteiger partial charge >= 0.3 is 6.29 Å². The fraction of sp³-hybridized carbons (Fsp3) is 0.444. The molecule has 0 spiro atoms. The molecule has 2 N–H and O–H groups in total. The summed E-state index contributed by atoms with van der Waals surface area (Å²) in [6.07, 6.45) is -4.68. The zero-order chi connectivity index (χ0) is 26.3. The minimum atomic E-state index is -3.75. The van der Waals surface area contributed by atoms with Gasteiger partial charge in [0.25, 0.3) is 0 Å². The number of benzene rings is 2. The highest BCUT2D eigenvalue weighted by molar-refractivity contribution is 5.95. The summed E-state index contributed by atoms with van der Waals surface area (Å²) in [4.78, 5) is 13.4. The number of fused-ring (bicyclic) bond motifs is 4. The summed E-state index contributed by atoms with van der Waals surface area (Å²) in [5.74, 6) is -0.975. The van der Waals surface area contributed by atoms with Crippen LogP contribution in [0, 0.1) is 5.82 Å². The van der Waals surface area contributed by atoms with E-state index < -0.39 is 35.3 Å². The predicted octanol–water partition coefficient (Wildman–Crippen LogP) is 3.93. The number of hydrogen-bond donors (Lipinski definition) is 2. The molecule has 1 saturated carbocycles. The Kier molecular flexibility index (Phi) is 5.22. The van der Waals surface area contributed by atoms with Crippen molar-refractivity contribution >= 4 is 16.7 Å². The van der Waals surface area contributed by atoms with Crippen LogP contribution in [0.3, 0.4) is 0 Å². The molecule has 196 valence electrons. The topological polar surface area (TPSA) is 90.2 Å². The maximum absolute atomic E-state index is 15.3. The van der Waals surface area contributed by atoms with Gasteiger partial charge < -0.3 is 29.0 Å². The third kappa shape index (κ3) is 3.81. The Morgan fingerprint density at radius 2 is 1.84 bits per heavy atom. The summed E-state index contributed by atoms with van der Waals surface area (Å²) in [5, 5.41) is 21.0. The minimum absolute atomic E-state index is 0.0937. The molecule has 3 aromatic rings. The number of aliphatic hydroxyl groups excluding tert-OH is 2. The summed E-state index contributed by atoms with van der Waals surface area (Å²) >= 11 is 0. The summed E-state index contributed by atoms with van der Waals surface area (Å²) in [6.45, 7) is 3.54. The molecule has 2 aliphatic heterocycles. The van der Waals surface area contributed by atoms with Crippen LogP contribution in [-0.2, 0) is 33.3 Å². The van der Waals surface area contributed by atoms with Gasteiger partial charge in [0.05, 0.1) is 29.5 Å². The molecule has 0 radical (unpaired) electrons. The van der Waals surface area contributed by atoms with E-state index in [1.807, 2.05) is 10.6 Å². The molecule has 2 atom stereocenters. The van der Waals surface area contributed by atoms with E-state index >= 15 is 4.39 Å². The van der Waals surface area contributed by atoms with Crippen molar-refractivity contribution in [3.8, 4) is 11.5 Å². The number of Topliss-reactive ketones (excluding diaryl/α,β-unsaturated/α-hetero) is 1. The Hall–Kier alpha value is -3.08. The number of aromatic nitrogens is 1. The van der Waals surface area contributed by atoms with Gasteiger partial charge in [-0.3, -0.25) is 4.79 Å². The van der Waals surface area contributed by atoms with E-state index in [-0.39, 0.29) is 42.4 Å². The number of ketones is 1. The Morgan fingerprint density at radius 1 is 1.11 bits per heavy atom. The van der Waals surface area contributed by atoms with Crippen molar-refractivity contribution in [1.82, 2.24) is 4.57 Å². The third-order valence-corrected chi connectivity index (χ3v) is 7.85.